The summed E-state index contributed by atoms with van der Waals surface area (Å²) >= 11 is 0. The van der Waals surface area contributed by atoms with Crippen molar-refractivity contribution in [3.05, 3.63) is 55.1 Å². The molecule has 0 unspecified atom stereocenters. The molecule has 1 aromatic carbocycles. The van der Waals surface area contributed by atoms with Crippen LogP contribution in [0, 0.1) is 6.92 Å². The Morgan fingerprint density at radius 2 is 1.80 bits per heavy atom. The Hall–Kier alpha value is -4.94. The fourth-order valence-corrected chi connectivity index (χ4v) is 4.41. The topological polar surface area (TPSA) is 133 Å². The van der Waals surface area contributed by atoms with Gasteiger partial charge in [-0.2, -0.15) is 0 Å². The quantitative estimate of drug-likeness (QED) is 0.226. The van der Waals surface area contributed by atoms with Gasteiger partial charge in [-0.25, -0.2) is 24.9 Å². The maximum Gasteiger partial charge on any atom is 0.246 e. The van der Waals surface area contributed by atoms with Crippen LogP contribution in [-0.2, 0) is 4.79 Å². The molecule has 0 spiro atoms. The first-order valence-electron chi connectivity index (χ1n) is 12.7. The van der Waals surface area contributed by atoms with Gasteiger partial charge in [0.25, 0.3) is 0 Å². The minimum absolute atomic E-state index is 0.0750. The lowest BCUT2D eigenvalue weighted by atomic mass is 9.88. The van der Waals surface area contributed by atoms with E-state index in [-0.39, 0.29) is 5.91 Å². The second kappa shape index (κ2) is 11.4. The van der Waals surface area contributed by atoms with Crippen molar-refractivity contribution in [2.45, 2.75) is 6.92 Å². The number of piperazine rings is 1. The molecule has 202 valence electrons. The molecule has 12 nitrogen and oxygen atoms in total. The van der Waals surface area contributed by atoms with E-state index in [0.29, 0.717) is 71.8 Å². The number of hydrogen-bond acceptors (Lipinski definition) is 11. The number of amides is 1. The summed E-state index contributed by atoms with van der Waals surface area (Å²) in [5, 5.41) is 9.51. The molecule has 1 fully saturated rings. The zero-order valence-electron chi connectivity index (χ0n) is 22.6. The number of nitrogens with zero attached hydrogens (tertiary/aromatic N) is 7. The maximum absolute atomic E-state index is 11.9. The van der Waals surface area contributed by atoms with Crippen LogP contribution in [0.25, 0.3) is 11.0 Å². The Labute approximate surface area is 233 Å². The van der Waals surface area contributed by atoms with Gasteiger partial charge in [0.2, 0.25) is 17.7 Å². The van der Waals surface area contributed by atoms with Gasteiger partial charge >= 0.3 is 0 Å². The molecule has 1 saturated heterocycles. The predicted molar refractivity (Wildman–Crippen MR) is 157 cm³/mol. The van der Waals surface area contributed by atoms with Crippen molar-refractivity contribution in [3.63, 3.8) is 0 Å². The van der Waals surface area contributed by atoms with Crippen LogP contribution in [0.15, 0.2) is 49.6 Å². The highest BCUT2D eigenvalue weighted by molar-refractivity contribution is 6.37. The van der Waals surface area contributed by atoms with Crippen LogP contribution in [0.5, 0.6) is 11.6 Å². The van der Waals surface area contributed by atoms with E-state index in [4.69, 9.17) is 17.6 Å². The van der Waals surface area contributed by atoms with Gasteiger partial charge in [-0.05, 0) is 30.7 Å². The lowest BCUT2D eigenvalue weighted by Crippen LogP contribution is -2.48. The third kappa shape index (κ3) is 5.30. The fourth-order valence-electron chi connectivity index (χ4n) is 4.41. The summed E-state index contributed by atoms with van der Waals surface area (Å²) in [6.45, 7) is 7.80. The molecule has 13 heteroatoms. The van der Waals surface area contributed by atoms with Gasteiger partial charge in [0.05, 0.1) is 23.8 Å². The Bertz CT molecular complexity index is 1570. The molecule has 4 heterocycles. The number of benzene rings is 1. The molecule has 3 aromatic heterocycles. The summed E-state index contributed by atoms with van der Waals surface area (Å²) in [4.78, 5) is 38.1. The SMILES string of the molecule is [B]c1c(Nc2ncnc3cnc(N4CCN(C(=O)C=C)CC4)nc23)ccc(Oc2cc(NC)c(NC)cn2)c1C. The number of fused-ring (bicyclic) bond motifs is 1. The van der Waals surface area contributed by atoms with E-state index in [9.17, 15) is 4.79 Å². The highest BCUT2D eigenvalue weighted by atomic mass is 16.5. The number of ether oxygens (including phenoxy) is 1. The number of pyridine rings is 1. The van der Waals surface area contributed by atoms with Crippen molar-refractivity contribution in [2.24, 2.45) is 0 Å². The van der Waals surface area contributed by atoms with Crippen LogP contribution in [0.1, 0.15) is 5.56 Å². The molecular weight excluding hydrogens is 507 g/mol. The number of aromatic nitrogens is 5. The van der Waals surface area contributed by atoms with Crippen molar-refractivity contribution in [1.29, 1.82) is 0 Å². The number of rotatable bonds is 8. The molecule has 1 amide bonds. The lowest BCUT2D eigenvalue weighted by Gasteiger charge is -2.34. The van der Waals surface area contributed by atoms with Crippen molar-refractivity contribution in [2.75, 3.05) is 61.1 Å². The maximum atomic E-state index is 11.9. The van der Waals surface area contributed by atoms with E-state index in [2.05, 4.69) is 42.5 Å². The number of carbonyl (C=O) groups excluding carboxylic acids is 1. The third-order valence-electron chi connectivity index (χ3n) is 6.76. The van der Waals surface area contributed by atoms with Gasteiger partial charge in [0.15, 0.2) is 5.82 Å². The Balaban J connectivity index is 1.37. The predicted octanol–water partition coefficient (Wildman–Crippen LogP) is 2.37. The van der Waals surface area contributed by atoms with E-state index >= 15 is 0 Å². The monoisotopic (exact) mass is 536 g/mol. The first-order valence-corrected chi connectivity index (χ1v) is 12.7. The number of hydrogen-bond donors (Lipinski definition) is 3. The largest absolute Gasteiger partial charge is 0.439 e. The molecule has 0 atom stereocenters. The van der Waals surface area contributed by atoms with Gasteiger partial charge < -0.3 is 30.5 Å². The molecule has 0 bridgehead atoms. The second-order valence-electron chi connectivity index (χ2n) is 9.09. The standard InChI is InChI=1S/C27H29BN10O2/c1-5-23(39)37-8-10-38(11-9-37)27-32-14-20-25(36-27)26(34-15-33-20)35-17-6-7-21(16(2)24(17)28)40-22-12-18(29-3)19(30-4)13-31-22/h5-7,12-15,30H,1,8-11H2,2-4H3,(H,29,31)(H,33,34,35). The van der Waals surface area contributed by atoms with Crippen LogP contribution in [0.4, 0.5) is 28.8 Å². The van der Waals surface area contributed by atoms with Gasteiger partial charge in [-0.1, -0.05) is 12.0 Å². The first-order chi connectivity index (χ1) is 19.4. The molecule has 0 saturated carbocycles. The van der Waals surface area contributed by atoms with E-state index in [0.717, 1.165) is 16.9 Å². The zero-order chi connectivity index (χ0) is 28.2. The summed E-state index contributed by atoms with van der Waals surface area (Å²) < 4.78 is 6.05. The number of carbonyl (C=O) groups is 1. The molecule has 1 aliphatic rings. The summed E-state index contributed by atoms with van der Waals surface area (Å²) in [6.07, 6.45) is 6.16. The van der Waals surface area contributed by atoms with Crippen molar-refractivity contribution in [1.82, 2.24) is 29.8 Å². The zero-order valence-corrected chi connectivity index (χ0v) is 22.6. The van der Waals surface area contributed by atoms with E-state index < -0.39 is 0 Å². The van der Waals surface area contributed by atoms with E-state index in [1.165, 1.54) is 12.4 Å². The van der Waals surface area contributed by atoms with Gasteiger partial charge in [0, 0.05) is 52.0 Å². The Morgan fingerprint density at radius 1 is 1.02 bits per heavy atom. The fraction of sp³-hybridized carbons (Fsp3) is 0.259. The smallest absolute Gasteiger partial charge is 0.246 e. The minimum atomic E-state index is -0.0750. The molecule has 2 radical (unpaired) electrons. The molecule has 3 N–H and O–H groups in total. The molecule has 40 heavy (non-hydrogen) atoms. The summed E-state index contributed by atoms with van der Waals surface area (Å²) in [7, 11) is 10.2. The Morgan fingerprint density at radius 3 is 2.52 bits per heavy atom. The lowest BCUT2D eigenvalue weighted by molar-refractivity contribution is -0.126. The van der Waals surface area contributed by atoms with E-state index in [1.807, 2.05) is 44.1 Å². The average molecular weight is 536 g/mol. The third-order valence-corrected chi connectivity index (χ3v) is 6.76. The summed E-state index contributed by atoms with van der Waals surface area (Å²) in [5.74, 6) is 1.99. The summed E-state index contributed by atoms with van der Waals surface area (Å²) in [6, 6.07) is 5.47. The average Bonchev–Trinajstić information content (AvgIpc) is 3.00. The van der Waals surface area contributed by atoms with E-state index in [1.54, 1.807) is 17.3 Å². The molecular formula is C27H29BN10O2. The van der Waals surface area contributed by atoms with Crippen molar-refractivity contribution in [3.8, 4) is 11.6 Å². The minimum Gasteiger partial charge on any atom is -0.439 e. The van der Waals surface area contributed by atoms with Gasteiger partial charge in [-0.3, -0.25) is 4.79 Å². The highest BCUT2D eigenvalue weighted by Crippen LogP contribution is 2.30. The van der Waals surface area contributed by atoms with Gasteiger partial charge in [-0.15, -0.1) is 0 Å². The van der Waals surface area contributed by atoms with Crippen LogP contribution in [-0.4, -0.2) is 83.8 Å². The second-order valence-corrected chi connectivity index (χ2v) is 9.09. The van der Waals surface area contributed by atoms with Crippen LogP contribution in [0.2, 0.25) is 0 Å². The highest BCUT2D eigenvalue weighted by Gasteiger charge is 2.22. The number of anilines is 5. The number of nitrogens with one attached hydrogen (secondary N) is 3. The van der Waals surface area contributed by atoms with Crippen LogP contribution in [0.3, 0.4) is 0 Å². The van der Waals surface area contributed by atoms with Crippen LogP contribution < -0.4 is 31.0 Å². The molecule has 1 aliphatic heterocycles. The first kappa shape index (κ1) is 26.7. The molecule has 5 rings (SSSR count). The van der Waals surface area contributed by atoms with Crippen molar-refractivity contribution < 1.29 is 9.53 Å². The van der Waals surface area contributed by atoms with Crippen molar-refractivity contribution >= 4 is 59.1 Å². The molecule has 0 aliphatic carbocycles. The Kier molecular flexibility index (Phi) is 7.62. The normalized spacial score (nSPS) is 13.2. The van der Waals surface area contributed by atoms with Gasteiger partial charge in [0.1, 0.15) is 31.0 Å². The summed E-state index contributed by atoms with van der Waals surface area (Å²) in [5.41, 5.74) is 4.77. The van der Waals surface area contributed by atoms with Crippen LogP contribution >= 0.6 is 0 Å². The molecule has 4 aromatic rings.